The number of aryl methyl sites for hydroxylation is 1. The average molecular weight is 263 g/mol. The average Bonchev–Trinajstić information content (AvgIpc) is 2.46. The van der Waals surface area contributed by atoms with Crippen LogP contribution in [-0.4, -0.2) is 6.29 Å². The SMILES string of the molecule is CC1=Cc2cc(C)ccc2C(C=O)N1c1ccccc1. The maximum atomic E-state index is 11.7. The molecule has 0 saturated heterocycles. The summed E-state index contributed by atoms with van der Waals surface area (Å²) < 4.78 is 0. The zero-order valence-electron chi connectivity index (χ0n) is 11.7. The molecular formula is C18H17NO. The number of hydrogen-bond acceptors (Lipinski definition) is 2. The number of aldehydes is 1. The molecule has 1 heterocycles. The lowest BCUT2D eigenvalue weighted by atomic mass is 9.93. The highest BCUT2D eigenvalue weighted by Crippen LogP contribution is 2.36. The Morgan fingerprint density at radius 3 is 2.50 bits per heavy atom. The summed E-state index contributed by atoms with van der Waals surface area (Å²) in [5.74, 6) is 0. The number of nitrogens with zero attached hydrogens (tertiary/aromatic N) is 1. The summed E-state index contributed by atoms with van der Waals surface area (Å²) in [6.45, 7) is 4.12. The van der Waals surface area contributed by atoms with Crippen molar-refractivity contribution in [3.63, 3.8) is 0 Å². The minimum Gasteiger partial charge on any atom is -0.331 e. The Bertz CT molecular complexity index is 673. The van der Waals surface area contributed by atoms with Crippen molar-refractivity contribution in [2.75, 3.05) is 4.90 Å². The standard InChI is InChI=1S/C18H17NO/c1-13-8-9-17-15(10-13)11-14(2)19(18(17)12-20)16-6-4-3-5-7-16/h3-12,18H,1-2H3. The number of allylic oxidation sites excluding steroid dienone is 1. The third kappa shape index (κ3) is 2.03. The van der Waals surface area contributed by atoms with Crippen LogP contribution in [0.2, 0.25) is 0 Å². The lowest BCUT2D eigenvalue weighted by molar-refractivity contribution is -0.109. The van der Waals surface area contributed by atoms with Gasteiger partial charge in [-0.2, -0.15) is 0 Å². The molecule has 2 heteroatoms. The first kappa shape index (κ1) is 12.7. The second-order valence-electron chi connectivity index (χ2n) is 5.20. The van der Waals surface area contributed by atoms with E-state index in [1.54, 1.807) is 0 Å². The number of benzene rings is 2. The Morgan fingerprint density at radius 1 is 1.05 bits per heavy atom. The minimum absolute atomic E-state index is 0.252. The predicted octanol–water partition coefficient (Wildman–Crippen LogP) is 4.12. The Balaban J connectivity index is 2.15. The second-order valence-corrected chi connectivity index (χ2v) is 5.20. The molecule has 1 aliphatic rings. The summed E-state index contributed by atoms with van der Waals surface area (Å²) in [7, 11) is 0. The van der Waals surface area contributed by atoms with Gasteiger partial charge in [0.25, 0.3) is 0 Å². The predicted molar refractivity (Wildman–Crippen MR) is 82.6 cm³/mol. The Morgan fingerprint density at radius 2 is 1.80 bits per heavy atom. The topological polar surface area (TPSA) is 20.3 Å². The van der Waals surface area contributed by atoms with Crippen LogP contribution in [0.4, 0.5) is 5.69 Å². The quantitative estimate of drug-likeness (QED) is 0.760. The monoisotopic (exact) mass is 263 g/mol. The molecule has 0 aromatic heterocycles. The van der Waals surface area contributed by atoms with Crippen LogP contribution in [0, 0.1) is 6.92 Å². The van der Waals surface area contributed by atoms with E-state index >= 15 is 0 Å². The van der Waals surface area contributed by atoms with Gasteiger partial charge in [-0.1, -0.05) is 42.0 Å². The van der Waals surface area contributed by atoms with E-state index in [2.05, 4.69) is 43.0 Å². The number of carbonyl (C=O) groups is 1. The summed E-state index contributed by atoms with van der Waals surface area (Å²) >= 11 is 0. The first-order valence-corrected chi connectivity index (χ1v) is 6.79. The molecule has 0 bridgehead atoms. The highest BCUT2D eigenvalue weighted by Gasteiger charge is 2.27. The lowest BCUT2D eigenvalue weighted by Gasteiger charge is -2.35. The molecular weight excluding hydrogens is 246 g/mol. The molecule has 0 spiro atoms. The molecule has 0 radical (unpaired) electrons. The van der Waals surface area contributed by atoms with Crippen molar-refractivity contribution in [2.24, 2.45) is 0 Å². The van der Waals surface area contributed by atoms with E-state index in [1.165, 1.54) is 5.56 Å². The molecule has 0 amide bonds. The molecule has 20 heavy (non-hydrogen) atoms. The van der Waals surface area contributed by atoms with Gasteiger partial charge in [-0.15, -0.1) is 0 Å². The van der Waals surface area contributed by atoms with Crippen LogP contribution >= 0.6 is 0 Å². The van der Waals surface area contributed by atoms with Crippen LogP contribution in [0.1, 0.15) is 29.7 Å². The van der Waals surface area contributed by atoms with E-state index in [1.807, 2.05) is 30.3 Å². The molecule has 100 valence electrons. The Labute approximate surface area is 119 Å². The fraction of sp³-hybridized carbons (Fsp3) is 0.167. The molecule has 1 atom stereocenters. The van der Waals surface area contributed by atoms with Crippen molar-refractivity contribution in [3.05, 3.63) is 70.9 Å². The molecule has 0 aliphatic carbocycles. The maximum absolute atomic E-state index is 11.7. The summed E-state index contributed by atoms with van der Waals surface area (Å²) in [5, 5.41) is 0. The van der Waals surface area contributed by atoms with Gasteiger partial charge in [0.05, 0.1) is 0 Å². The van der Waals surface area contributed by atoms with E-state index < -0.39 is 0 Å². The van der Waals surface area contributed by atoms with Crippen LogP contribution in [0.3, 0.4) is 0 Å². The number of carbonyl (C=O) groups excluding carboxylic acids is 1. The molecule has 2 nitrogen and oxygen atoms in total. The normalized spacial score (nSPS) is 17.4. The van der Waals surface area contributed by atoms with Crippen LogP contribution < -0.4 is 4.90 Å². The summed E-state index contributed by atoms with van der Waals surface area (Å²) in [6.07, 6.45) is 3.17. The van der Waals surface area contributed by atoms with Crippen molar-refractivity contribution in [1.82, 2.24) is 0 Å². The number of rotatable bonds is 2. The molecule has 0 fully saturated rings. The smallest absolute Gasteiger partial charge is 0.147 e. The van der Waals surface area contributed by atoms with Gasteiger partial charge in [-0.05, 0) is 43.2 Å². The number of hydrogen-bond donors (Lipinski definition) is 0. The number of para-hydroxylation sites is 1. The van der Waals surface area contributed by atoms with Crippen molar-refractivity contribution >= 4 is 18.0 Å². The van der Waals surface area contributed by atoms with Crippen LogP contribution in [0.5, 0.6) is 0 Å². The zero-order chi connectivity index (χ0) is 14.1. The van der Waals surface area contributed by atoms with E-state index in [0.29, 0.717) is 0 Å². The Hall–Kier alpha value is -2.35. The molecule has 2 aromatic carbocycles. The van der Waals surface area contributed by atoms with Crippen molar-refractivity contribution in [3.8, 4) is 0 Å². The van der Waals surface area contributed by atoms with Crippen molar-refractivity contribution in [2.45, 2.75) is 19.9 Å². The number of fused-ring (bicyclic) bond motifs is 1. The number of anilines is 1. The van der Waals surface area contributed by atoms with E-state index in [4.69, 9.17) is 0 Å². The molecule has 1 unspecified atom stereocenters. The van der Waals surface area contributed by atoms with Gasteiger partial charge < -0.3 is 9.69 Å². The van der Waals surface area contributed by atoms with Crippen LogP contribution in [0.25, 0.3) is 6.08 Å². The summed E-state index contributed by atoms with van der Waals surface area (Å²) in [4.78, 5) is 13.8. The van der Waals surface area contributed by atoms with Gasteiger partial charge in [0, 0.05) is 11.4 Å². The second kappa shape index (κ2) is 4.97. The van der Waals surface area contributed by atoms with E-state index in [-0.39, 0.29) is 6.04 Å². The van der Waals surface area contributed by atoms with Gasteiger partial charge >= 0.3 is 0 Å². The fourth-order valence-corrected chi connectivity index (χ4v) is 2.83. The van der Waals surface area contributed by atoms with Gasteiger partial charge in [0.15, 0.2) is 0 Å². The van der Waals surface area contributed by atoms with E-state index in [0.717, 1.165) is 28.8 Å². The van der Waals surface area contributed by atoms with Gasteiger partial charge in [0.2, 0.25) is 0 Å². The highest BCUT2D eigenvalue weighted by atomic mass is 16.1. The minimum atomic E-state index is -0.252. The lowest BCUT2D eigenvalue weighted by Crippen LogP contribution is -2.31. The molecule has 0 saturated carbocycles. The summed E-state index contributed by atoms with van der Waals surface area (Å²) in [5.41, 5.74) is 5.56. The van der Waals surface area contributed by atoms with Gasteiger partial charge in [0.1, 0.15) is 12.3 Å². The third-order valence-electron chi connectivity index (χ3n) is 3.75. The van der Waals surface area contributed by atoms with Gasteiger partial charge in [-0.3, -0.25) is 0 Å². The molecule has 0 N–H and O–H groups in total. The first-order chi connectivity index (χ1) is 9.70. The molecule has 1 aliphatic heterocycles. The fourth-order valence-electron chi connectivity index (χ4n) is 2.83. The first-order valence-electron chi connectivity index (χ1n) is 6.79. The Kier molecular flexibility index (Phi) is 3.15. The van der Waals surface area contributed by atoms with Gasteiger partial charge in [-0.25, -0.2) is 0 Å². The van der Waals surface area contributed by atoms with E-state index in [9.17, 15) is 4.79 Å². The van der Waals surface area contributed by atoms with Crippen LogP contribution in [0.15, 0.2) is 54.2 Å². The third-order valence-corrected chi connectivity index (χ3v) is 3.75. The molecule has 3 rings (SSSR count). The largest absolute Gasteiger partial charge is 0.331 e. The maximum Gasteiger partial charge on any atom is 0.147 e. The zero-order valence-corrected chi connectivity index (χ0v) is 11.7. The molecule has 2 aromatic rings. The van der Waals surface area contributed by atoms with Crippen molar-refractivity contribution in [1.29, 1.82) is 0 Å². The summed E-state index contributed by atoms with van der Waals surface area (Å²) in [6, 6.07) is 16.1. The van der Waals surface area contributed by atoms with Crippen molar-refractivity contribution < 1.29 is 4.79 Å². The highest BCUT2D eigenvalue weighted by molar-refractivity contribution is 5.80. The van der Waals surface area contributed by atoms with Crippen LogP contribution in [-0.2, 0) is 4.79 Å².